The number of rotatable bonds is 4. The Balaban J connectivity index is 2.26. The molecule has 1 saturated carbocycles. The number of thiazole rings is 1. The molecule has 0 unspecified atom stereocenters. The van der Waals surface area contributed by atoms with Crippen molar-refractivity contribution in [2.75, 3.05) is 6.61 Å². The maximum Gasteiger partial charge on any atom is 0.125 e. The van der Waals surface area contributed by atoms with Crippen LogP contribution in [-0.2, 0) is 10.3 Å². The van der Waals surface area contributed by atoms with Gasteiger partial charge >= 0.3 is 0 Å². The van der Waals surface area contributed by atoms with E-state index in [2.05, 4.69) is 26.2 Å². The van der Waals surface area contributed by atoms with Crippen molar-refractivity contribution in [1.29, 1.82) is 0 Å². The molecule has 102 valence electrons. The van der Waals surface area contributed by atoms with Crippen LogP contribution in [0.3, 0.4) is 0 Å². The van der Waals surface area contributed by atoms with Crippen molar-refractivity contribution in [3.63, 3.8) is 0 Å². The predicted octanol–water partition coefficient (Wildman–Crippen LogP) is 4.85. The minimum absolute atomic E-state index is 0.0803. The molecule has 0 atom stereocenters. The first-order valence-corrected chi connectivity index (χ1v) is 8.16. The van der Waals surface area contributed by atoms with Gasteiger partial charge in [0.15, 0.2) is 0 Å². The second-order valence-corrected chi connectivity index (χ2v) is 6.43. The highest BCUT2D eigenvalue weighted by Gasteiger charge is 2.36. The van der Waals surface area contributed by atoms with Crippen molar-refractivity contribution in [1.82, 2.24) is 4.98 Å². The molecule has 1 aromatic rings. The summed E-state index contributed by atoms with van der Waals surface area (Å²) < 4.78 is 6.18. The van der Waals surface area contributed by atoms with Gasteiger partial charge < -0.3 is 4.74 Å². The van der Waals surface area contributed by atoms with Gasteiger partial charge in [-0.1, -0.05) is 39.5 Å². The third-order valence-corrected chi connectivity index (χ3v) is 4.88. The molecule has 1 fully saturated rings. The van der Waals surface area contributed by atoms with Crippen molar-refractivity contribution in [3.8, 4) is 0 Å². The normalized spacial score (nSPS) is 20.0. The molecular formula is C15H25NOS. The van der Waals surface area contributed by atoms with Crippen molar-refractivity contribution in [2.24, 2.45) is 0 Å². The van der Waals surface area contributed by atoms with Gasteiger partial charge in [-0.15, -0.1) is 11.3 Å². The van der Waals surface area contributed by atoms with E-state index < -0.39 is 0 Å². The molecule has 18 heavy (non-hydrogen) atoms. The summed E-state index contributed by atoms with van der Waals surface area (Å²) in [5.74, 6) is 0.513. The fraction of sp³-hybridized carbons (Fsp3) is 0.800. The highest BCUT2D eigenvalue weighted by atomic mass is 32.1. The van der Waals surface area contributed by atoms with Crippen LogP contribution in [0.1, 0.15) is 75.9 Å². The average Bonchev–Trinajstić information content (AvgIpc) is 2.73. The Kier molecular flexibility index (Phi) is 4.79. The van der Waals surface area contributed by atoms with Crippen LogP contribution in [0.4, 0.5) is 0 Å². The van der Waals surface area contributed by atoms with Crippen molar-refractivity contribution in [3.05, 3.63) is 16.1 Å². The van der Waals surface area contributed by atoms with Gasteiger partial charge in [-0.25, -0.2) is 4.98 Å². The molecule has 1 heterocycles. The Morgan fingerprint density at radius 3 is 2.44 bits per heavy atom. The summed E-state index contributed by atoms with van der Waals surface area (Å²) >= 11 is 1.80. The van der Waals surface area contributed by atoms with Crippen molar-refractivity contribution < 1.29 is 4.74 Å². The lowest BCUT2D eigenvalue weighted by Gasteiger charge is -2.30. The Hall–Kier alpha value is -0.410. The average molecular weight is 267 g/mol. The largest absolute Gasteiger partial charge is 0.368 e. The standard InChI is InChI=1S/C15H25NOS/c1-4-17-15(9-7-5-6-8-10-15)14-16-13(11-18-14)12(2)3/h11-12H,4-10H2,1-3H3. The second-order valence-electron chi connectivity index (χ2n) is 5.57. The number of nitrogens with zero attached hydrogens (tertiary/aromatic N) is 1. The quantitative estimate of drug-likeness (QED) is 0.727. The van der Waals surface area contributed by atoms with E-state index in [1.807, 2.05) is 0 Å². The molecular weight excluding hydrogens is 242 g/mol. The van der Waals surface area contributed by atoms with Gasteiger partial charge in [-0.05, 0) is 25.7 Å². The molecule has 1 aliphatic carbocycles. The summed E-state index contributed by atoms with van der Waals surface area (Å²) in [6.45, 7) is 7.30. The summed E-state index contributed by atoms with van der Waals surface area (Å²) in [7, 11) is 0. The second kappa shape index (κ2) is 6.16. The summed E-state index contributed by atoms with van der Waals surface area (Å²) in [5, 5.41) is 3.43. The van der Waals surface area contributed by atoms with E-state index in [-0.39, 0.29) is 5.60 Å². The minimum atomic E-state index is -0.0803. The number of aromatic nitrogens is 1. The molecule has 0 N–H and O–H groups in total. The zero-order valence-corrected chi connectivity index (χ0v) is 12.7. The van der Waals surface area contributed by atoms with Crippen LogP contribution in [0.5, 0.6) is 0 Å². The number of hydrogen-bond donors (Lipinski definition) is 0. The van der Waals surface area contributed by atoms with Gasteiger partial charge in [0.25, 0.3) is 0 Å². The summed E-state index contributed by atoms with van der Waals surface area (Å²) in [4.78, 5) is 4.86. The van der Waals surface area contributed by atoms with Gasteiger partial charge in [0.1, 0.15) is 10.6 Å². The van der Waals surface area contributed by atoms with E-state index in [4.69, 9.17) is 9.72 Å². The van der Waals surface area contributed by atoms with E-state index in [0.29, 0.717) is 5.92 Å². The van der Waals surface area contributed by atoms with Gasteiger partial charge in [-0.3, -0.25) is 0 Å². The first-order valence-electron chi connectivity index (χ1n) is 7.28. The van der Waals surface area contributed by atoms with E-state index in [0.717, 1.165) is 19.4 Å². The summed E-state index contributed by atoms with van der Waals surface area (Å²) in [5.41, 5.74) is 1.14. The zero-order chi connectivity index (χ0) is 13.0. The Morgan fingerprint density at radius 2 is 1.94 bits per heavy atom. The van der Waals surface area contributed by atoms with Crippen LogP contribution in [0, 0.1) is 0 Å². The SMILES string of the molecule is CCOC1(c2nc(C(C)C)cs2)CCCCCC1. The predicted molar refractivity (Wildman–Crippen MR) is 77.2 cm³/mol. The minimum Gasteiger partial charge on any atom is -0.368 e. The van der Waals surface area contributed by atoms with E-state index in [1.54, 1.807) is 11.3 Å². The lowest BCUT2D eigenvalue weighted by atomic mass is 9.94. The molecule has 0 bridgehead atoms. The van der Waals surface area contributed by atoms with Crippen molar-refractivity contribution >= 4 is 11.3 Å². The van der Waals surface area contributed by atoms with E-state index in [9.17, 15) is 0 Å². The topological polar surface area (TPSA) is 22.1 Å². The van der Waals surface area contributed by atoms with Crippen LogP contribution < -0.4 is 0 Å². The van der Waals surface area contributed by atoms with Gasteiger partial charge in [0.2, 0.25) is 0 Å². The molecule has 2 rings (SSSR count). The summed E-state index contributed by atoms with van der Waals surface area (Å²) in [6.07, 6.45) is 7.53. The third-order valence-electron chi connectivity index (χ3n) is 3.84. The molecule has 0 amide bonds. The molecule has 0 radical (unpaired) electrons. The van der Waals surface area contributed by atoms with Crippen molar-refractivity contribution in [2.45, 2.75) is 70.8 Å². The molecule has 1 aliphatic rings. The molecule has 0 aromatic carbocycles. The molecule has 3 heteroatoms. The number of ether oxygens (including phenoxy) is 1. The maximum absolute atomic E-state index is 6.18. The smallest absolute Gasteiger partial charge is 0.125 e. The third kappa shape index (κ3) is 2.94. The molecule has 2 nitrogen and oxygen atoms in total. The highest BCUT2D eigenvalue weighted by molar-refractivity contribution is 7.09. The van der Waals surface area contributed by atoms with E-state index in [1.165, 1.54) is 36.4 Å². The monoisotopic (exact) mass is 267 g/mol. The molecule has 0 saturated heterocycles. The highest BCUT2D eigenvalue weighted by Crippen LogP contribution is 2.41. The Bertz CT molecular complexity index is 364. The van der Waals surface area contributed by atoms with Gasteiger partial charge in [0, 0.05) is 12.0 Å². The maximum atomic E-state index is 6.18. The lowest BCUT2D eigenvalue weighted by molar-refractivity contribution is -0.0560. The van der Waals surface area contributed by atoms with E-state index >= 15 is 0 Å². The Morgan fingerprint density at radius 1 is 1.28 bits per heavy atom. The Labute approximate surface area is 115 Å². The van der Waals surface area contributed by atoms with Crippen LogP contribution in [0.25, 0.3) is 0 Å². The molecule has 1 aromatic heterocycles. The van der Waals surface area contributed by atoms with Crippen LogP contribution in [0.15, 0.2) is 5.38 Å². The van der Waals surface area contributed by atoms with Crippen LogP contribution in [0.2, 0.25) is 0 Å². The zero-order valence-electron chi connectivity index (χ0n) is 11.9. The summed E-state index contributed by atoms with van der Waals surface area (Å²) in [6, 6.07) is 0. The first kappa shape index (κ1) is 14.0. The van der Waals surface area contributed by atoms with Gasteiger partial charge in [0.05, 0.1) is 5.69 Å². The fourth-order valence-electron chi connectivity index (χ4n) is 2.76. The van der Waals surface area contributed by atoms with Gasteiger partial charge in [-0.2, -0.15) is 0 Å². The molecule has 0 spiro atoms. The lowest BCUT2D eigenvalue weighted by Crippen LogP contribution is -2.29. The first-order chi connectivity index (χ1) is 8.68. The number of hydrogen-bond acceptors (Lipinski definition) is 3. The van der Waals surface area contributed by atoms with Crippen LogP contribution >= 0.6 is 11.3 Å². The fourth-order valence-corrected chi connectivity index (χ4v) is 3.95. The van der Waals surface area contributed by atoms with Crippen LogP contribution in [-0.4, -0.2) is 11.6 Å². The molecule has 0 aliphatic heterocycles.